The Morgan fingerprint density at radius 1 is 1.56 bits per heavy atom. The summed E-state index contributed by atoms with van der Waals surface area (Å²) in [5.41, 5.74) is 8.08. The van der Waals surface area contributed by atoms with Gasteiger partial charge in [-0.3, -0.25) is 0 Å². The fourth-order valence-corrected chi connectivity index (χ4v) is 2.31. The summed E-state index contributed by atoms with van der Waals surface area (Å²) in [5.74, 6) is 1.97. The zero-order chi connectivity index (χ0) is 11.1. The molecule has 84 valence electrons. The van der Waals surface area contributed by atoms with E-state index in [4.69, 9.17) is 10.2 Å². The van der Waals surface area contributed by atoms with E-state index in [0.29, 0.717) is 0 Å². The Labute approximate surface area is 94.1 Å². The second-order valence-electron chi connectivity index (χ2n) is 4.35. The minimum Gasteiger partial charge on any atom is -0.463 e. The molecule has 0 aliphatic carbocycles. The fraction of sp³-hybridized carbons (Fsp3) is 0.417. The molecule has 2 aromatic rings. The highest BCUT2D eigenvalue weighted by atomic mass is 16.3. The maximum Gasteiger partial charge on any atom is 0.154 e. The van der Waals surface area contributed by atoms with Gasteiger partial charge in [0.2, 0.25) is 0 Å². The average Bonchev–Trinajstić information content (AvgIpc) is 2.87. The quantitative estimate of drug-likeness (QED) is 0.791. The highest BCUT2D eigenvalue weighted by Crippen LogP contribution is 2.26. The van der Waals surface area contributed by atoms with Crippen LogP contribution in [-0.2, 0) is 13.0 Å². The smallest absolute Gasteiger partial charge is 0.154 e. The second-order valence-corrected chi connectivity index (χ2v) is 4.35. The van der Waals surface area contributed by atoms with E-state index in [9.17, 15) is 0 Å². The standard InChI is InChI=1S/C12H15N3O/c1-8-12(10-3-2-6-16-10)14-11-5-4-9(13)7-15(8)11/h2-3,6,9H,4-5,7,13H2,1H3. The second kappa shape index (κ2) is 3.49. The van der Waals surface area contributed by atoms with Crippen LogP contribution < -0.4 is 5.73 Å². The molecule has 16 heavy (non-hydrogen) atoms. The molecule has 0 amide bonds. The predicted octanol–water partition coefficient (Wildman–Crippen LogP) is 1.73. The van der Waals surface area contributed by atoms with Gasteiger partial charge in [-0.2, -0.15) is 0 Å². The number of hydrogen-bond acceptors (Lipinski definition) is 3. The van der Waals surface area contributed by atoms with Gasteiger partial charge in [-0.25, -0.2) is 4.98 Å². The van der Waals surface area contributed by atoms with Gasteiger partial charge in [-0.15, -0.1) is 0 Å². The summed E-state index contributed by atoms with van der Waals surface area (Å²) in [6.45, 7) is 2.95. The summed E-state index contributed by atoms with van der Waals surface area (Å²) >= 11 is 0. The maximum atomic E-state index is 5.97. The van der Waals surface area contributed by atoms with Crippen molar-refractivity contribution in [1.29, 1.82) is 0 Å². The van der Waals surface area contributed by atoms with Gasteiger partial charge in [-0.05, 0) is 25.5 Å². The molecule has 1 aliphatic heterocycles. The first-order valence-electron chi connectivity index (χ1n) is 5.61. The Hall–Kier alpha value is -1.55. The van der Waals surface area contributed by atoms with Crippen LogP contribution in [0.5, 0.6) is 0 Å². The normalized spacial score (nSPS) is 19.8. The van der Waals surface area contributed by atoms with E-state index in [0.717, 1.165) is 42.4 Å². The lowest BCUT2D eigenvalue weighted by Gasteiger charge is -2.21. The lowest BCUT2D eigenvalue weighted by atomic mass is 10.1. The zero-order valence-corrected chi connectivity index (χ0v) is 9.31. The third-order valence-electron chi connectivity index (χ3n) is 3.21. The number of aromatic nitrogens is 2. The lowest BCUT2D eigenvalue weighted by Crippen LogP contribution is -2.32. The molecular weight excluding hydrogens is 202 g/mol. The number of nitrogens with zero attached hydrogens (tertiary/aromatic N) is 2. The Balaban J connectivity index is 2.09. The van der Waals surface area contributed by atoms with Crippen molar-refractivity contribution in [1.82, 2.24) is 9.55 Å². The predicted molar refractivity (Wildman–Crippen MR) is 61.0 cm³/mol. The van der Waals surface area contributed by atoms with Gasteiger partial charge in [0.25, 0.3) is 0 Å². The van der Waals surface area contributed by atoms with Crippen molar-refractivity contribution in [2.75, 3.05) is 0 Å². The molecule has 0 saturated heterocycles. The molecule has 0 fully saturated rings. The largest absolute Gasteiger partial charge is 0.463 e. The molecule has 0 spiro atoms. The highest BCUT2D eigenvalue weighted by Gasteiger charge is 2.22. The number of rotatable bonds is 1. The molecule has 3 rings (SSSR count). The SMILES string of the molecule is Cc1c(-c2ccco2)nc2n1CC(N)CC2. The molecule has 2 aromatic heterocycles. The molecule has 1 aliphatic rings. The summed E-state index contributed by atoms with van der Waals surface area (Å²) in [4.78, 5) is 4.64. The van der Waals surface area contributed by atoms with Crippen LogP contribution in [0.15, 0.2) is 22.8 Å². The molecule has 0 radical (unpaired) electrons. The molecule has 0 bridgehead atoms. The van der Waals surface area contributed by atoms with E-state index >= 15 is 0 Å². The van der Waals surface area contributed by atoms with Crippen LogP contribution >= 0.6 is 0 Å². The Kier molecular flexibility index (Phi) is 2.11. The van der Waals surface area contributed by atoms with Gasteiger partial charge in [0.15, 0.2) is 5.76 Å². The minimum atomic E-state index is 0.254. The van der Waals surface area contributed by atoms with Crippen molar-refractivity contribution in [2.45, 2.75) is 32.4 Å². The van der Waals surface area contributed by atoms with Crippen molar-refractivity contribution >= 4 is 0 Å². The number of hydrogen-bond donors (Lipinski definition) is 1. The summed E-state index contributed by atoms with van der Waals surface area (Å²) in [6, 6.07) is 4.09. The van der Waals surface area contributed by atoms with Crippen molar-refractivity contribution in [3.05, 3.63) is 29.9 Å². The van der Waals surface area contributed by atoms with Crippen LogP contribution in [0, 0.1) is 6.92 Å². The molecule has 0 saturated carbocycles. The molecule has 4 heteroatoms. The van der Waals surface area contributed by atoms with Crippen molar-refractivity contribution in [2.24, 2.45) is 5.73 Å². The molecule has 0 aromatic carbocycles. The van der Waals surface area contributed by atoms with Gasteiger partial charge in [0, 0.05) is 24.7 Å². The van der Waals surface area contributed by atoms with Crippen LogP contribution in [0.1, 0.15) is 17.9 Å². The lowest BCUT2D eigenvalue weighted by molar-refractivity contribution is 0.448. The van der Waals surface area contributed by atoms with E-state index in [2.05, 4.69) is 16.5 Å². The average molecular weight is 217 g/mol. The Morgan fingerprint density at radius 3 is 3.19 bits per heavy atom. The van der Waals surface area contributed by atoms with Gasteiger partial charge in [-0.1, -0.05) is 0 Å². The highest BCUT2D eigenvalue weighted by molar-refractivity contribution is 5.55. The van der Waals surface area contributed by atoms with Crippen LogP contribution in [-0.4, -0.2) is 15.6 Å². The van der Waals surface area contributed by atoms with Crippen molar-refractivity contribution in [3.63, 3.8) is 0 Å². The third-order valence-corrected chi connectivity index (χ3v) is 3.21. The van der Waals surface area contributed by atoms with Crippen molar-refractivity contribution in [3.8, 4) is 11.5 Å². The van der Waals surface area contributed by atoms with Crippen LogP contribution in [0.4, 0.5) is 0 Å². The molecule has 4 nitrogen and oxygen atoms in total. The third kappa shape index (κ3) is 1.38. The molecule has 1 unspecified atom stereocenters. The first-order chi connectivity index (χ1) is 7.75. The van der Waals surface area contributed by atoms with Crippen molar-refractivity contribution < 1.29 is 4.42 Å². The number of fused-ring (bicyclic) bond motifs is 1. The van der Waals surface area contributed by atoms with Crippen LogP contribution in [0.25, 0.3) is 11.5 Å². The monoisotopic (exact) mass is 217 g/mol. The molecular formula is C12H15N3O. The van der Waals surface area contributed by atoms with Gasteiger partial charge >= 0.3 is 0 Å². The topological polar surface area (TPSA) is 57.0 Å². The van der Waals surface area contributed by atoms with E-state index in [1.165, 1.54) is 0 Å². The van der Waals surface area contributed by atoms with E-state index in [1.807, 2.05) is 12.1 Å². The maximum absolute atomic E-state index is 5.97. The van der Waals surface area contributed by atoms with Crippen LogP contribution in [0.3, 0.4) is 0 Å². The zero-order valence-electron chi connectivity index (χ0n) is 9.31. The minimum absolute atomic E-state index is 0.254. The number of aryl methyl sites for hydroxylation is 1. The molecule has 2 N–H and O–H groups in total. The summed E-state index contributed by atoms with van der Waals surface area (Å²) in [6.07, 6.45) is 3.66. The van der Waals surface area contributed by atoms with E-state index in [-0.39, 0.29) is 6.04 Å². The first-order valence-corrected chi connectivity index (χ1v) is 5.61. The Morgan fingerprint density at radius 2 is 2.44 bits per heavy atom. The molecule has 1 atom stereocenters. The first kappa shape index (κ1) is 9.66. The Bertz CT molecular complexity index is 499. The number of nitrogens with two attached hydrogens (primary N) is 1. The van der Waals surface area contributed by atoms with E-state index in [1.54, 1.807) is 6.26 Å². The van der Waals surface area contributed by atoms with Gasteiger partial charge in [0.05, 0.1) is 6.26 Å². The van der Waals surface area contributed by atoms with E-state index < -0.39 is 0 Å². The number of furan rings is 1. The van der Waals surface area contributed by atoms with Crippen LogP contribution in [0.2, 0.25) is 0 Å². The summed E-state index contributed by atoms with van der Waals surface area (Å²) < 4.78 is 7.61. The van der Waals surface area contributed by atoms with Gasteiger partial charge < -0.3 is 14.7 Å². The van der Waals surface area contributed by atoms with Gasteiger partial charge in [0.1, 0.15) is 11.5 Å². The molecule has 3 heterocycles. The fourth-order valence-electron chi connectivity index (χ4n) is 2.31. The summed E-state index contributed by atoms with van der Waals surface area (Å²) in [7, 11) is 0. The number of imidazole rings is 1. The summed E-state index contributed by atoms with van der Waals surface area (Å²) in [5, 5.41) is 0.